The highest BCUT2D eigenvalue weighted by atomic mass is 16.7. The Labute approximate surface area is 126 Å². The molecule has 0 bridgehead atoms. The van der Waals surface area contributed by atoms with E-state index in [0.717, 1.165) is 18.4 Å². The van der Waals surface area contributed by atoms with Crippen LogP contribution in [0.5, 0.6) is 11.5 Å². The maximum Gasteiger partial charge on any atom is 0.256 e. The van der Waals surface area contributed by atoms with Crippen molar-refractivity contribution in [2.75, 3.05) is 6.79 Å². The van der Waals surface area contributed by atoms with Crippen molar-refractivity contribution in [2.45, 2.75) is 32.4 Å². The summed E-state index contributed by atoms with van der Waals surface area (Å²) in [6, 6.07) is 3.68. The summed E-state index contributed by atoms with van der Waals surface area (Å²) < 4.78 is 12.6. The summed E-state index contributed by atoms with van der Waals surface area (Å²) in [7, 11) is 0. The Morgan fingerprint density at radius 1 is 1.32 bits per heavy atom. The standard InChI is InChI=1S/C16H16N2O4/c1-2-18-7-11(16(20)17-9-3-4-9)15(19)10-5-13-14(6-12(10)18)22-8-21-13/h5-7,9H,2-4,8H2,1H3,(H,17,20). The van der Waals surface area contributed by atoms with Gasteiger partial charge in [-0.25, -0.2) is 0 Å². The van der Waals surface area contributed by atoms with Gasteiger partial charge in [0.15, 0.2) is 11.5 Å². The number of carbonyl (C=O) groups is 1. The van der Waals surface area contributed by atoms with Crippen molar-refractivity contribution in [2.24, 2.45) is 0 Å². The van der Waals surface area contributed by atoms with Crippen LogP contribution in [0.1, 0.15) is 30.1 Å². The number of aryl methyl sites for hydroxylation is 1. The second kappa shape index (κ2) is 4.76. The van der Waals surface area contributed by atoms with Crippen LogP contribution in [-0.4, -0.2) is 23.3 Å². The van der Waals surface area contributed by atoms with Gasteiger partial charge in [0.25, 0.3) is 5.91 Å². The number of amides is 1. The van der Waals surface area contributed by atoms with E-state index in [1.54, 1.807) is 18.3 Å². The molecule has 1 aliphatic carbocycles. The minimum Gasteiger partial charge on any atom is -0.454 e. The van der Waals surface area contributed by atoms with Gasteiger partial charge in [-0.3, -0.25) is 9.59 Å². The second-order valence-electron chi connectivity index (χ2n) is 5.63. The van der Waals surface area contributed by atoms with Crippen molar-refractivity contribution >= 4 is 16.8 Å². The van der Waals surface area contributed by atoms with Gasteiger partial charge in [-0.2, -0.15) is 0 Å². The average molecular weight is 300 g/mol. The molecule has 1 aromatic carbocycles. The van der Waals surface area contributed by atoms with Gasteiger partial charge in [0.1, 0.15) is 5.56 Å². The van der Waals surface area contributed by atoms with Gasteiger partial charge in [-0.05, 0) is 25.8 Å². The van der Waals surface area contributed by atoms with Crippen LogP contribution < -0.4 is 20.2 Å². The molecule has 0 atom stereocenters. The summed E-state index contributed by atoms with van der Waals surface area (Å²) in [6.45, 7) is 2.78. The van der Waals surface area contributed by atoms with E-state index in [9.17, 15) is 9.59 Å². The number of nitrogens with zero attached hydrogens (tertiary/aromatic N) is 1. The number of ether oxygens (including phenoxy) is 2. The van der Waals surface area contributed by atoms with Crippen molar-refractivity contribution in [1.82, 2.24) is 9.88 Å². The van der Waals surface area contributed by atoms with Crippen LogP contribution in [0, 0.1) is 0 Å². The summed E-state index contributed by atoms with van der Waals surface area (Å²) in [4.78, 5) is 25.0. The predicted octanol–water partition coefficient (Wildman–Crippen LogP) is 1.64. The van der Waals surface area contributed by atoms with E-state index >= 15 is 0 Å². The van der Waals surface area contributed by atoms with Crippen LogP contribution >= 0.6 is 0 Å². The van der Waals surface area contributed by atoms with Gasteiger partial charge in [0.2, 0.25) is 12.2 Å². The number of pyridine rings is 1. The SMILES string of the molecule is CCn1cc(C(=O)NC2CC2)c(=O)c2cc3c(cc21)OCO3. The van der Waals surface area contributed by atoms with Gasteiger partial charge in [-0.1, -0.05) is 0 Å². The van der Waals surface area contributed by atoms with Crippen LogP contribution in [0.25, 0.3) is 10.9 Å². The highest BCUT2D eigenvalue weighted by Crippen LogP contribution is 2.35. The fraction of sp³-hybridized carbons (Fsp3) is 0.375. The largest absolute Gasteiger partial charge is 0.454 e. The number of carbonyl (C=O) groups excluding carboxylic acids is 1. The quantitative estimate of drug-likeness (QED) is 0.935. The third-order valence-electron chi connectivity index (χ3n) is 4.07. The van der Waals surface area contributed by atoms with Crippen molar-refractivity contribution in [3.63, 3.8) is 0 Å². The van der Waals surface area contributed by atoms with Gasteiger partial charge >= 0.3 is 0 Å². The van der Waals surface area contributed by atoms with E-state index in [2.05, 4.69) is 5.32 Å². The fourth-order valence-electron chi connectivity index (χ4n) is 2.69. The number of hydrogen-bond acceptors (Lipinski definition) is 4. The van der Waals surface area contributed by atoms with Crippen molar-refractivity contribution in [1.29, 1.82) is 0 Å². The Morgan fingerprint density at radius 3 is 2.73 bits per heavy atom. The maximum atomic E-state index is 12.7. The zero-order valence-electron chi connectivity index (χ0n) is 12.2. The summed E-state index contributed by atoms with van der Waals surface area (Å²) >= 11 is 0. The molecule has 0 unspecified atom stereocenters. The number of hydrogen-bond donors (Lipinski definition) is 1. The molecule has 6 nitrogen and oxygen atoms in total. The summed E-state index contributed by atoms with van der Waals surface area (Å²) in [6.07, 6.45) is 3.60. The lowest BCUT2D eigenvalue weighted by Gasteiger charge is -2.12. The Kier molecular flexibility index (Phi) is 2.85. The molecule has 4 rings (SSSR count). The van der Waals surface area contributed by atoms with Crippen LogP contribution in [-0.2, 0) is 6.54 Å². The first-order chi connectivity index (χ1) is 10.7. The van der Waals surface area contributed by atoms with Crippen LogP contribution in [0.4, 0.5) is 0 Å². The summed E-state index contributed by atoms with van der Waals surface area (Å²) in [5, 5.41) is 3.35. The molecule has 1 fully saturated rings. The smallest absolute Gasteiger partial charge is 0.256 e. The third-order valence-corrected chi connectivity index (χ3v) is 4.07. The normalized spacial score (nSPS) is 16.0. The van der Waals surface area contributed by atoms with Gasteiger partial charge in [0, 0.05) is 24.8 Å². The minimum atomic E-state index is -0.297. The zero-order valence-corrected chi connectivity index (χ0v) is 12.2. The van der Waals surface area contributed by atoms with E-state index in [1.807, 2.05) is 11.5 Å². The molecule has 1 amide bonds. The molecule has 22 heavy (non-hydrogen) atoms. The van der Waals surface area contributed by atoms with Crippen molar-refractivity contribution in [3.8, 4) is 11.5 Å². The Bertz CT molecular complexity index is 836. The van der Waals surface area contributed by atoms with Crippen LogP contribution in [0.3, 0.4) is 0 Å². The molecule has 2 aromatic rings. The van der Waals surface area contributed by atoms with E-state index in [0.29, 0.717) is 23.4 Å². The summed E-state index contributed by atoms with van der Waals surface area (Å²) in [5.41, 5.74) is 0.663. The zero-order chi connectivity index (χ0) is 15.3. The first kappa shape index (κ1) is 13.2. The highest BCUT2D eigenvalue weighted by molar-refractivity contribution is 5.98. The van der Waals surface area contributed by atoms with Crippen LogP contribution in [0.2, 0.25) is 0 Å². The molecule has 114 valence electrons. The van der Waals surface area contributed by atoms with Gasteiger partial charge in [-0.15, -0.1) is 0 Å². The third kappa shape index (κ3) is 2.03. The molecule has 0 radical (unpaired) electrons. The maximum absolute atomic E-state index is 12.7. The molecule has 2 aliphatic rings. The number of fused-ring (bicyclic) bond motifs is 2. The molecule has 1 saturated carbocycles. The molecule has 2 heterocycles. The Hall–Kier alpha value is -2.50. The Balaban J connectivity index is 1.91. The molecule has 0 saturated heterocycles. The average Bonchev–Trinajstić information content (AvgIpc) is 3.21. The molecule has 1 aromatic heterocycles. The van der Waals surface area contributed by atoms with E-state index < -0.39 is 0 Å². The first-order valence-corrected chi connectivity index (χ1v) is 7.45. The number of benzene rings is 1. The van der Waals surface area contributed by atoms with E-state index in [-0.39, 0.29) is 29.7 Å². The lowest BCUT2D eigenvalue weighted by molar-refractivity contribution is 0.0949. The molecular formula is C16H16N2O4. The molecule has 0 spiro atoms. The van der Waals surface area contributed by atoms with E-state index in [1.165, 1.54) is 0 Å². The lowest BCUT2D eigenvalue weighted by atomic mass is 10.1. The molecule has 1 aliphatic heterocycles. The molecular weight excluding hydrogens is 284 g/mol. The predicted molar refractivity (Wildman–Crippen MR) is 80.5 cm³/mol. The first-order valence-electron chi connectivity index (χ1n) is 7.45. The Morgan fingerprint density at radius 2 is 2.05 bits per heavy atom. The van der Waals surface area contributed by atoms with Gasteiger partial charge < -0.3 is 19.4 Å². The number of rotatable bonds is 3. The molecule has 6 heteroatoms. The molecule has 1 N–H and O–H groups in total. The highest BCUT2D eigenvalue weighted by Gasteiger charge is 2.26. The van der Waals surface area contributed by atoms with Gasteiger partial charge in [0.05, 0.1) is 10.9 Å². The topological polar surface area (TPSA) is 69.6 Å². The summed E-state index contributed by atoms with van der Waals surface area (Å²) in [5.74, 6) is 0.880. The van der Waals surface area contributed by atoms with Crippen molar-refractivity contribution < 1.29 is 14.3 Å². The van der Waals surface area contributed by atoms with E-state index in [4.69, 9.17) is 9.47 Å². The number of nitrogens with one attached hydrogen (secondary N) is 1. The minimum absolute atomic E-state index is 0.154. The van der Waals surface area contributed by atoms with Crippen molar-refractivity contribution in [3.05, 3.63) is 34.1 Å². The monoisotopic (exact) mass is 300 g/mol. The second-order valence-corrected chi connectivity index (χ2v) is 5.63. The van der Waals surface area contributed by atoms with Crippen LogP contribution in [0.15, 0.2) is 23.1 Å². The lowest BCUT2D eigenvalue weighted by Crippen LogP contribution is -2.31. The fourth-order valence-corrected chi connectivity index (χ4v) is 2.69. The number of aromatic nitrogens is 1.